The lowest BCUT2D eigenvalue weighted by Crippen LogP contribution is -2.13. The monoisotopic (exact) mass is 361 g/mol. The molecular weight excluding hydrogens is 352 g/mol. The quantitative estimate of drug-likeness (QED) is 0.803. The Bertz CT molecular complexity index is 604. The van der Waals surface area contributed by atoms with E-state index >= 15 is 0 Å². The Balaban J connectivity index is 2.23. The fourth-order valence-electron chi connectivity index (χ4n) is 1.80. The summed E-state index contributed by atoms with van der Waals surface area (Å²) in [5, 5.41) is 1.02. The van der Waals surface area contributed by atoms with E-state index in [4.69, 9.17) is 28.9 Å². The van der Waals surface area contributed by atoms with Gasteiger partial charge in [-0.3, -0.25) is 0 Å². The smallest absolute Gasteiger partial charge is 0.137 e. The molecule has 2 aromatic carbocycles. The Kier molecular flexibility index (Phi) is 4.85. The van der Waals surface area contributed by atoms with Crippen LogP contribution in [-0.4, -0.2) is 0 Å². The SMILES string of the molecule is NC(Cc1cccc(Cl)c1Cl)c1ccc(F)c(Br)c1. The van der Waals surface area contributed by atoms with Crippen molar-refractivity contribution in [2.75, 3.05) is 0 Å². The van der Waals surface area contributed by atoms with Crippen LogP contribution in [0.2, 0.25) is 10.0 Å². The highest BCUT2D eigenvalue weighted by molar-refractivity contribution is 9.10. The third-order valence-corrected chi connectivity index (χ3v) is 4.31. The van der Waals surface area contributed by atoms with Crippen LogP contribution in [0.3, 0.4) is 0 Å². The molecule has 1 nitrogen and oxygen atoms in total. The summed E-state index contributed by atoms with van der Waals surface area (Å²) in [6, 6.07) is 9.91. The molecule has 0 radical (unpaired) electrons. The third-order valence-electron chi connectivity index (χ3n) is 2.84. The molecular formula is C14H11BrCl2FN. The van der Waals surface area contributed by atoms with Gasteiger partial charge in [-0.1, -0.05) is 41.4 Å². The zero-order valence-electron chi connectivity index (χ0n) is 9.84. The summed E-state index contributed by atoms with van der Waals surface area (Å²) in [5.74, 6) is -0.309. The van der Waals surface area contributed by atoms with Gasteiger partial charge >= 0.3 is 0 Å². The molecule has 5 heteroatoms. The number of hydrogen-bond donors (Lipinski definition) is 1. The molecule has 19 heavy (non-hydrogen) atoms. The molecule has 1 atom stereocenters. The summed E-state index contributed by atoms with van der Waals surface area (Å²) in [7, 11) is 0. The van der Waals surface area contributed by atoms with Gasteiger partial charge in [0.25, 0.3) is 0 Å². The maximum atomic E-state index is 13.2. The predicted octanol–water partition coefficient (Wildman–Crippen LogP) is 5.14. The van der Waals surface area contributed by atoms with E-state index < -0.39 is 0 Å². The first-order chi connectivity index (χ1) is 8.99. The highest BCUT2D eigenvalue weighted by Gasteiger charge is 2.12. The Labute approximate surface area is 129 Å². The van der Waals surface area contributed by atoms with Gasteiger partial charge in [0, 0.05) is 6.04 Å². The van der Waals surface area contributed by atoms with Crippen LogP contribution < -0.4 is 5.73 Å². The summed E-state index contributed by atoms with van der Waals surface area (Å²) in [5.41, 5.74) is 7.83. The van der Waals surface area contributed by atoms with Gasteiger partial charge in [-0.2, -0.15) is 0 Å². The molecule has 0 amide bonds. The lowest BCUT2D eigenvalue weighted by molar-refractivity contribution is 0.617. The normalized spacial score (nSPS) is 12.5. The number of hydrogen-bond acceptors (Lipinski definition) is 1. The number of nitrogens with two attached hydrogens (primary N) is 1. The van der Waals surface area contributed by atoms with Crippen molar-refractivity contribution in [3.05, 3.63) is 67.9 Å². The summed E-state index contributed by atoms with van der Waals surface area (Å²) >= 11 is 15.2. The van der Waals surface area contributed by atoms with Crippen molar-refractivity contribution in [2.24, 2.45) is 5.73 Å². The molecule has 1 unspecified atom stereocenters. The third kappa shape index (κ3) is 3.48. The minimum absolute atomic E-state index is 0.270. The van der Waals surface area contributed by atoms with Gasteiger partial charge in [-0.15, -0.1) is 0 Å². The molecule has 0 spiro atoms. The van der Waals surface area contributed by atoms with Crippen LogP contribution in [0.5, 0.6) is 0 Å². The minimum atomic E-state index is -0.309. The van der Waals surface area contributed by atoms with E-state index in [-0.39, 0.29) is 11.9 Å². The highest BCUT2D eigenvalue weighted by Crippen LogP contribution is 2.29. The van der Waals surface area contributed by atoms with E-state index in [0.717, 1.165) is 11.1 Å². The van der Waals surface area contributed by atoms with Crippen LogP contribution in [0.4, 0.5) is 4.39 Å². The topological polar surface area (TPSA) is 26.0 Å². The van der Waals surface area contributed by atoms with Gasteiger partial charge in [0.2, 0.25) is 0 Å². The number of rotatable bonds is 3. The van der Waals surface area contributed by atoms with Gasteiger partial charge in [0.15, 0.2) is 0 Å². The first-order valence-electron chi connectivity index (χ1n) is 5.62. The first-order valence-corrected chi connectivity index (χ1v) is 7.17. The van der Waals surface area contributed by atoms with E-state index in [1.54, 1.807) is 18.2 Å². The van der Waals surface area contributed by atoms with E-state index in [1.165, 1.54) is 6.07 Å². The first kappa shape index (κ1) is 14.8. The fourth-order valence-corrected chi connectivity index (χ4v) is 2.60. The van der Waals surface area contributed by atoms with E-state index in [1.807, 2.05) is 12.1 Å². The summed E-state index contributed by atoms with van der Waals surface area (Å²) in [4.78, 5) is 0. The zero-order valence-corrected chi connectivity index (χ0v) is 12.9. The van der Waals surface area contributed by atoms with Gasteiger partial charge in [-0.25, -0.2) is 4.39 Å². The Morgan fingerprint density at radius 3 is 2.63 bits per heavy atom. The van der Waals surface area contributed by atoms with Gasteiger partial charge in [0.05, 0.1) is 14.5 Å². The molecule has 0 saturated carbocycles. The molecule has 0 aliphatic rings. The number of benzene rings is 2. The summed E-state index contributed by atoms with van der Waals surface area (Å²) in [6.07, 6.45) is 0.539. The van der Waals surface area contributed by atoms with Gasteiger partial charge < -0.3 is 5.73 Å². The molecule has 0 aliphatic carbocycles. The van der Waals surface area contributed by atoms with Gasteiger partial charge in [-0.05, 0) is 51.7 Å². The predicted molar refractivity (Wildman–Crippen MR) is 81.2 cm³/mol. The maximum Gasteiger partial charge on any atom is 0.137 e. The molecule has 2 rings (SSSR count). The van der Waals surface area contributed by atoms with E-state index in [0.29, 0.717) is 20.9 Å². The largest absolute Gasteiger partial charge is 0.324 e. The van der Waals surface area contributed by atoms with Crippen molar-refractivity contribution < 1.29 is 4.39 Å². The van der Waals surface area contributed by atoms with Crippen LogP contribution in [-0.2, 0) is 6.42 Å². The Hall–Kier alpha value is -0.610. The average Bonchev–Trinajstić information content (AvgIpc) is 2.38. The molecule has 2 N–H and O–H groups in total. The van der Waals surface area contributed by atoms with Crippen LogP contribution in [0.1, 0.15) is 17.2 Å². The van der Waals surface area contributed by atoms with Crippen LogP contribution in [0.25, 0.3) is 0 Å². The number of halogens is 4. The van der Waals surface area contributed by atoms with Crippen LogP contribution in [0.15, 0.2) is 40.9 Å². The molecule has 0 aliphatic heterocycles. The second-order valence-corrected chi connectivity index (χ2v) is 5.84. The summed E-state index contributed by atoms with van der Waals surface area (Å²) < 4.78 is 13.6. The fraction of sp³-hybridized carbons (Fsp3) is 0.143. The summed E-state index contributed by atoms with van der Waals surface area (Å²) in [6.45, 7) is 0. The van der Waals surface area contributed by atoms with E-state index in [2.05, 4.69) is 15.9 Å². The molecule has 0 bridgehead atoms. The highest BCUT2D eigenvalue weighted by atomic mass is 79.9. The molecule has 0 heterocycles. The van der Waals surface area contributed by atoms with E-state index in [9.17, 15) is 4.39 Å². The molecule has 0 fully saturated rings. The maximum absolute atomic E-state index is 13.2. The molecule has 100 valence electrons. The van der Waals surface area contributed by atoms with Crippen LogP contribution in [0, 0.1) is 5.82 Å². The second-order valence-electron chi connectivity index (χ2n) is 4.20. The Morgan fingerprint density at radius 1 is 1.21 bits per heavy atom. The van der Waals surface area contributed by atoms with Gasteiger partial charge in [0.1, 0.15) is 5.82 Å². The molecule has 0 saturated heterocycles. The minimum Gasteiger partial charge on any atom is -0.324 e. The van der Waals surface area contributed by atoms with Crippen molar-refractivity contribution in [1.82, 2.24) is 0 Å². The van der Waals surface area contributed by atoms with Crippen molar-refractivity contribution >= 4 is 39.1 Å². The lowest BCUT2D eigenvalue weighted by atomic mass is 10.00. The Morgan fingerprint density at radius 2 is 1.95 bits per heavy atom. The molecule has 0 aromatic heterocycles. The standard InChI is InChI=1S/C14H11BrCl2FN/c15-10-6-8(4-5-12(10)18)13(19)7-9-2-1-3-11(16)14(9)17/h1-6,13H,7,19H2. The van der Waals surface area contributed by atoms with Crippen molar-refractivity contribution in [3.63, 3.8) is 0 Å². The lowest BCUT2D eigenvalue weighted by Gasteiger charge is -2.14. The zero-order chi connectivity index (χ0) is 14.0. The van der Waals surface area contributed by atoms with Crippen molar-refractivity contribution in [3.8, 4) is 0 Å². The van der Waals surface area contributed by atoms with Crippen LogP contribution >= 0.6 is 39.1 Å². The van der Waals surface area contributed by atoms with Crippen molar-refractivity contribution in [2.45, 2.75) is 12.5 Å². The second kappa shape index (κ2) is 6.23. The average molecular weight is 363 g/mol. The van der Waals surface area contributed by atoms with Crippen molar-refractivity contribution in [1.29, 1.82) is 0 Å². The molecule has 2 aromatic rings.